The third kappa shape index (κ3) is 2.83. The van der Waals surface area contributed by atoms with Crippen molar-refractivity contribution in [3.63, 3.8) is 0 Å². The minimum absolute atomic E-state index is 0.203. The molecule has 0 aliphatic carbocycles. The van der Waals surface area contributed by atoms with Crippen LogP contribution in [0.4, 0.5) is 11.4 Å². The summed E-state index contributed by atoms with van der Waals surface area (Å²) < 4.78 is 5.24. The third-order valence-electron chi connectivity index (χ3n) is 3.05. The number of hydrogen-bond donors (Lipinski definition) is 2. The Morgan fingerprint density at radius 1 is 1.25 bits per heavy atom. The Labute approximate surface area is 123 Å². The summed E-state index contributed by atoms with van der Waals surface area (Å²) in [6, 6.07) is 12.5. The average Bonchev–Trinajstić information content (AvgIpc) is 2.45. The number of benzene rings is 2. The predicted molar refractivity (Wildman–Crippen MR) is 85.1 cm³/mol. The van der Waals surface area contributed by atoms with Crippen molar-refractivity contribution < 1.29 is 9.84 Å². The molecule has 0 radical (unpaired) electrons. The quantitative estimate of drug-likeness (QED) is 0.847. The van der Waals surface area contributed by atoms with Crippen molar-refractivity contribution in [1.29, 1.82) is 0 Å². The highest BCUT2D eigenvalue weighted by Gasteiger charge is 2.13. The molecule has 0 fully saturated rings. The number of methoxy groups -OCH3 is 1. The van der Waals surface area contributed by atoms with Crippen molar-refractivity contribution in [3.05, 3.63) is 48.0 Å². The van der Waals surface area contributed by atoms with Crippen LogP contribution in [0.1, 0.15) is 5.56 Å². The van der Waals surface area contributed by atoms with E-state index in [2.05, 4.69) is 0 Å². The zero-order valence-corrected chi connectivity index (χ0v) is 12.1. The SMILES string of the molecule is COc1ccc(C(N)=S)c(N(C)c2cccc(O)c2)c1. The first-order valence-electron chi connectivity index (χ1n) is 6.03. The number of anilines is 2. The van der Waals surface area contributed by atoms with Crippen LogP contribution in [-0.4, -0.2) is 24.3 Å². The van der Waals surface area contributed by atoms with Crippen LogP contribution in [0.2, 0.25) is 0 Å². The fourth-order valence-corrected chi connectivity index (χ4v) is 2.14. The summed E-state index contributed by atoms with van der Waals surface area (Å²) in [7, 11) is 3.49. The van der Waals surface area contributed by atoms with E-state index in [4.69, 9.17) is 22.7 Å². The average molecular weight is 288 g/mol. The molecule has 5 heteroatoms. The van der Waals surface area contributed by atoms with Crippen LogP contribution in [0, 0.1) is 0 Å². The van der Waals surface area contributed by atoms with Gasteiger partial charge in [0, 0.05) is 30.4 Å². The number of aromatic hydroxyl groups is 1. The van der Waals surface area contributed by atoms with Gasteiger partial charge in [-0.1, -0.05) is 18.3 Å². The van der Waals surface area contributed by atoms with E-state index in [1.165, 1.54) is 0 Å². The number of phenols is 1. The van der Waals surface area contributed by atoms with E-state index >= 15 is 0 Å². The lowest BCUT2D eigenvalue weighted by Gasteiger charge is -2.23. The second kappa shape index (κ2) is 5.79. The Balaban J connectivity index is 2.52. The van der Waals surface area contributed by atoms with Gasteiger partial charge in [0.05, 0.1) is 12.8 Å². The lowest BCUT2D eigenvalue weighted by Crippen LogP contribution is -2.17. The van der Waals surface area contributed by atoms with E-state index < -0.39 is 0 Å². The van der Waals surface area contributed by atoms with Crippen LogP contribution >= 0.6 is 12.2 Å². The highest BCUT2D eigenvalue weighted by molar-refractivity contribution is 7.80. The van der Waals surface area contributed by atoms with Crippen LogP contribution < -0.4 is 15.4 Å². The van der Waals surface area contributed by atoms with Crippen LogP contribution in [0.3, 0.4) is 0 Å². The van der Waals surface area contributed by atoms with Crippen molar-refractivity contribution in [3.8, 4) is 11.5 Å². The maximum atomic E-state index is 9.59. The van der Waals surface area contributed by atoms with Gasteiger partial charge in [-0.15, -0.1) is 0 Å². The molecule has 2 aromatic carbocycles. The zero-order valence-electron chi connectivity index (χ0n) is 11.3. The van der Waals surface area contributed by atoms with Crippen LogP contribution in [0.15, 0.2) is 42.5 Å². The third-order valence-corrected chi connectivity index (χ3v) is 3.27. The van der Waals surface area contributed by atoms with Gasteiger partial charge in [0.1, 0.15) is 16.5 Å². The standard InChI is InChI=1S/C15H16N2O2S/c1-17(10-4-3-5-11(18)8-10)14-9-12(19-2)6-7-13(14)15(16)20/h3-9,18H,1-2H3,(H2,16,20). The van der Waals surface area contributed by atoms with Crippen molar-refractivity contribution in [1.82, 2.24) is 0 Å². The predicted octanol–water partition coefficient (Wildman–Crippen LogP) is 2.80. The first kappa shape index (κ1) is 14.1. The summed E-state index contributed by atoms with van der Waals surface area (Å²) in [6.45, 7) is 0. The number of nitrogens with zero attached hydrogens (tertiary/aromatic N) is 1. The molecule has 0 aliphatic rings. The van der Waals surface area contributed by atoms with Crippen molar-refractivity contribution >= 4 is 28.6 Å². The first-order chi connectivity index (χ1) is 9.52. The maximum absolute atomic E-state index is 9.59. The van der Waals surface area contributed by atoms with Crippen molar-refractivity contribution in [2.75, 3.05) is 19.1 Å². The summed E-state index contributed by atoms with van der Waals surface area (Å²) in [4.78, 5) is 2.21. The molecule has 20 heavy (non-hydrogen) atoms. The van der Waals surface area contributed by atoms with Crippen LogP contribution in [0.5, 0.6) is 11.5 Å². The van der Waals surface area contributed by atoms with Gasteiger partial charge in [-0.2, -0.15) is 0 Å². The van der Waals surface area contributed by atoms with Crippen LogP contribution in [0.25, 0.3) is 0 Å². The number of nitrogens with two attached hydrogens (primary N) is 1. The Kier molecular flexibility index (Phi) is 4.10. The summed E-state index contributed by atoms with van der Waals surface area (Å²) in [6.07, 6.45) is 0. The van der Waals surface area contributed by atoms with Gasteiger partial charge in [-0.25, -0.2) is 0 Å². The topological polar surface area (TPSA) is 58.7 Å². The van der Waals surface area contributed by atoms with Gasteiger partial charge in [0.2, 0.25) is 0 Å². The summed E-state index contributed by atoms with van der Waals surface area (Å²) in [5, 5.41) is 9.59. The van der Waals surface area contributed by atoms with Gasteiger partial charge < -0.3 is 20.5 Å². The molecule has 0 atom stereocenters. The molecule has 0 saturated carbocycles. The lowest BCUT2D eigenvalue weighted by molar-refractivity contribution is 0.415. The Hall–Kier alpha value is -2.27. The van der Waals surface area contributed by atoms with Crippen molar-refractivity contribution in [2.24, 2.45) is 5.73 Å². The second-order valence-electron chi connectivity index (χ2n) is 4.33. The largest absolute Gasteiger partial charge is 0.508 e. The highest BCUT2D eigenvalue weighted by atomic mass is 32.1. The molecule has 0 bridgehead atoms. The highest BCUT2D eigenvalue weighted by Crippen LogP contribution is 2.31. The maximum Gasteiger partial charge on any atom is 0.120 e. The Morgan fingerprint density at radius 3 is 2.60 bits per heavy atom. The fraction of sp³-hybridized carbons (Fsp3) is 0.133. The smallest absolute Gasteiger partial charge is 0.120 e. The van der Waals surface area contributed by atoms with E-state index in [0.29, 0.717) is 10.7 Å². The molecule has 2 rings (SSSR count). The summed E-state index contributed by atoms with van der Waals surface area (Å²) in [5.41, 5.74) is 8.17. The van der Waals surface area contributed by atoms with Crippen molar-refractivity contribution in [2.45, 2.75) is 0 Å². The van der Waals surface area contributed by atoms with Gasteiger partial charge in [-0.3, -0.25) is 0 Å². The molecule has 0 aliphatic heterocycles. The van der Waals surface area contributed by atoms with E-state index in [1.54, 1.807) is 25.3 Å². The fourth-order valence-electron chi connectivity index (χ4n) is 1.97. The molecule has 0 spiro atoms. The van der Waals surface area contributed by atoms with Gasteiger partial charge >= 0.3 is 0 Å². The number of rotatable bonds is 4. The number of ether oxygens (including phenoxy) is 1. The molecule has 0 amide bonds. The van der Waals surface area contributed by atoms with Gasteiger partial charge in [0.25, 0.3) is 0 Å². The lowest BCUT2D eigenvalue weighted by atomic mass is 10.1. The molecule has 0 unspecified atom stereocenters. The van der Waals surface area contributed by atoms with E-state index in [1.807, 2.05) is 36.2 Å². The molecular formula is C15H16N2O2S. The minimum Gasteiger partial charge on any atom is -0.508 e. The van der Waals surface area contributed by atoms with Gasteiger partial charge in [0.15, 0.2) is 0 Å². The van der Waals surface area contributed by atoms with E-state index in [9.17, 15) is 5.11 Å². The van der Waals surface area contributed by atoms with E-state index in [0.717, 1.165) is 16.9 Å². The molecular weight excluding hydrogens is 272 g/mol. The Morgan fingerprint density at radius 2 is 2.00 bits per heavy atom. The van der Waals surface area contributed by atoms with Gasteiger partial charge in [-0.05, 0) is 24.3 Å². The number of thiocarbonyl (C=S) groups is 1. The number of hydrogen-bond acceptors (Lipinski definition) is 4. The summed E-state index contributed by atoms with van der Waals surface area (Å²) in [5.74, 6) is 0.918. The molecule has 0 saturated heterocycles. The minimum atomic E-state index is 0.203. The molecule has 104 valence electrons. The number of phenolic OH excluding ortho intramolecular Hbond substituents is 1. The molecule has 4 nitrogen and oxygen atoms in total. The molecule has 2 aromatic rings. The summed E-state index contributed by atoms with van der Waals surface area (Å²) >= 11 is 5.08. The zero-order chi connectivity index (χ0) is 14.7. The molecule has 3 N–H and O–H groups in total. The first-order valence-corrected chi connectivity index (χ1v) is 6.44. The van der Waals surface area contributed by atoms with E-state index in [-0.39, 0.29) is 5.75 Å². The normalized spacial score (nSPS) is 10.1. The van der Waals surface area contributed by atoms with Crippen LogP contribution in [-0.2, 0) is 0 Å². The monoisotopic (exact) mass is 288 g/mol. The second-order valence-corrected chi connectivity index (χ2v) is 4.77. The Bertz CT molecular complexity index is 644. The molecule has 0 aromatic heterocycles. The molecule has 0 heterocycles.